The molecule has 2 heterocycles. The zero-order valence-corrected chi connectivity index (χ0v) is 16.1. The molecule has 0 radical (unpaired) electrons. The molecule has 6 nitrogen and oxygen atoms in total. The van der Waals surface area contributed by atoms with E-state index in [-0.39, 0.29) is 18.5 Å². The molecule has 152 valence electrons. The van der Waals surface area contributed by atoms with Gasteiger partial charge >= 0.3 is 12.3 Å². The minimum absolute atomic E-state index is 0.0880. The van der Waals surface area contributed by atoms with Gasteiger partial charge in [0.25, 0.3) is 0 Å². The number of pyridine rings is 1. The van der Waals surface area contributed by atoms with Crippen molar-refractivity contribution in [2.24, 2.45) is 0 Å². The summed E-state index contributed by atoms with van der Waals surface area (Å²) < 4.78 is 54.2. The molecule has 27 heavy (non-hydrogen) atoms. The molecule has 1 aliphatic rings. The lowest BCUT2D eigenvalue weighted by molar-refractivity contribution is -0.137. The Hall–Kier alpha value is -2.03. The Morgan fingerprint density at radius 1 is 1.33 bits per heavy atom. The molecular formula is C18H25F3N2O4. The van der Waals surface area contributed by atoms with Crippen LogP contribution in [0.4, 0.5) is 18.0 Å². The lowest BCUT2D eigenvalue weighted by atomic mass is 10.1. The number of hydrogen-bond acceptors (Lipinski definition) is 5. The van der Waals surface area contributed by atoms with Crippen LogP contribution in [0.5, 0.6) is 5.88 Å². The summed E-state index contributed by atoms with van der Waals surface area (Å²) in [6, 6.07) is 1.81. The van der Waals surface area contributed by atoms with Crippen LogP contribution >= 0.6 is 0 Å². The molecule has 0 aliphatic carbocycles. The fraction of sp³-hybridized carbons (Fsp3) is 0.667. The topological polar surface area (TPSA) is 60.9 Å². The summed E-state index contributed by atoms with van der Waals surface area (Å²) >= 11 is 0. The van der Waals surface area contributed by atoms with Gasteiger partial charge in [-0.2, -0.15) is 13.2 Å². The van der Waals surface area contributed by atoms with E-state index in [2.05, 4.69) is 4.98 Å². The molecule has 0 bridgehead atoms. The molecule has 1 aromatic heterocycles. The van der Waals surface area contributed by atoms with Gasteiger partial charge in [0, 0.05) is 18.7 Å². The number of aromatic nitrogens is 1. The van der Waals surface area contributed by atoms with Crippen LogP contribution < -0.4 is 4.74 Å². The Morgan fingerprint density at radius 3 is 2.52 bits per heavy atom. The van der Waals surface area contributed by atoms with E-state index in [4.69, 9.17) is 14.2 Å². The highest BCUT2D eigenvalue weighted by molar-refractivity contribution is 5.69. The first kappa shape index (κ1) is 21.3. The Bertz CT molecular complexity index is 654. The molecule has 1 saturated heterocycles. The minimum Gasteiger partial charge on any atom is -0.478 e. The Morgan fingerprint density at radius 2 is 2.00 bits per heavy atom. The van der Waals surface area contributed by atoms with Crippen LogP contribution in [0.1, 0.15) is 46.6 Å². The summed E-state index contributed by atoms with van der Waals surface area (Å²) in [5, 5.41) is 0. The van der Waals surface area contributed by atoms with Crippen molar-refractivity contribution in [2.75, 3.05) is 13.2 Å². The molecule has 1 aliphatic heterocycles. The lowest BCUT2D eigenvalue weighted by Crippen LogP contribution is -2.50. The van der Waals surface area contributed by atoms with E-state index in [0.717, 1.165) is 12.3 Å². The molecule has 0 spiro atoms. The average Bonchev–Trinajstić information content (AvgIpc) is 2.80. The fourth-order valence-electron chi connectivity index (χ4n) is 2.71. The summed E-state index contributed by atoms with van der Waals surface area (Å²) in [7, 11) is 0. The highest BCUT2D eigenvalue weighted by atomic mass is 19.4. The molecule has 0 N–H and O–H groups in total. The van der Waals surface area contributed by atoms with Crippen LogP contribution in [-0.4, -0.2) is 46.6 Å². The second-order valence-electron chi connectivity index (χ2n) is 7.78. The first-order valence-corrected chi connectivity index (χ1v) is 8.62. The first-order chi connectivity index (χ1) is 12.3. The van der Waals surface area contributed by atoms with Crippen molar-refractivity contribution >= 4 is 6.09 Å². The van der Waals surface area contributed by atoms with E-state index >= 15 is 0 Å². The molecule has 0 saturated carbocycles. The molecule has 1 atom stereocenters. The third kappa shape index (κ3) is 5.72. The maximum Gasteiger partial charge on any atom is 0.417 e. The van der Waals surface area contributed by atoms with Crippen molar-refractivity contribution in [3.8, 4) is 5.88 Å². The Kier molecular flexibility index (Phi) is 5.94. The van der Waals surface area contributed by atoms with Crippen molar-refractivity contribution in [1.29, 1.82) is 0 Å². The van der Waals surface area contributed by atoms with Crippen LogP contribution in [0, 0.1) is 0 Å². The SMILES string of the molecule is CC(C)(C)OC(=O)N1C(CCOc2ccc(C(F)(F)F)cn2)COC1(C)C. The third-order valence-electron chi connectivity index (χ3n) is 3.93. The van der Waals surface area contributed by atoms with Crippen molar-refractivity contribution in [2.45, 2.75) is 64.6 Å². The summed E-state index contributed by atoms with van der Waals surface area (Å²) in [4.78, 5) is 17.7. The van der Waals surface area contributed by atoms with Gasteiger partial charge in [-0.3, -0.25) is 4.90 Å². The quantitative estimate of drug-likeness (QED) is 0.770. The van der Waals surface area contributed by atoms with Gasteiger partial charge in [-0.15, -0.1) is 0 Å². The minimum atomic E-state index is -4.44. The van der Waals surface area contributed by atoms with Gasteiger partial charge in [-0.05, 0) is 40.7 Å². The summed E-state index contributed by atoms with van der Waals surface area (Å²) in [5.41, 5.74) is -2.29. The number of alkyl halides is 3. The normalized spacial score (nSPS) is 19.9. The number of ether oxygens (including phenoxy) is 3. The molecule has 1 amide bonds. The van der Waals surface area contributed by atoms with Crippen LogP contribution in [0.3, 0.4) is 0 Å². The monoisotopic (exact) mass is 390 g/mol. The maximum atomic E-state index is 12.5. The van der Waals surface area contributed by atoms with E-state index in [1.54, 1.807) is 34.6 Å². The Balaban J connectivity index is 1.95. The molecule has 1 unspecified atom stereocenters. The van der Waals surface area contributed by atoms with Gasteiger partial charge in [0.1, 0.15) is 11.3 Å². The summed E-state index contributed by atoms with van der Waals surface area (Å²) in [6.45, 7) is 9.37. The molecule has 1 fully saturated rings. The number of carbonyl (C=O) groups excluding carboxylic acids is 1. The first-order valence-electron chi connectivity index (χ1n) is 8.62. The average molecular weight is 390 g/mol. The highest BCUT2D eigenvalue weighted by Gasteiger charge is 2.45. The third-order valence-corrected chi connectivity index (χ3v) is 3.93. The largest absolute Gasteiger partial charge is 0.478 e. The predicted octanol–water partition coefficient (Wildman–Crippen LogP) is 4.24. The zero-order valence-electron chi connectivity index (χ0n) is 16.1. The number of carbonyl (C=O) groups is 1. The summed E-state index contributed by atoms with van der Waals surface area (Å²) in [5.74, 6) is 0.0880. The lowest BCUT2D eigenvalue weighted by Gasteiger charge is -2.35. The molecule has 0 aromatic carbocycles. The molecule has 2 rings (SSSR count). The van der Waals surface area contributed by atoms with Gasteiger partial charge in [-0.25, -0.2) is 9.78 Å². The summed E-state index contributed by atoms with van der Waals surface area (Å²) in [6.07, 6.45) is -3.77. The van der Waals surface area contributed by atoms with Gasteiger partial charge < -0.3 is 14.2 Å². The molecular weight excluding hydrogens is 365 g/mol. The van der Waals surface area contributed by atoms with Crippen molar-refractivity contribution in [1.82, 2.24) is 9.88 Å². The highest BCUT2D eigenvalue weighted by Crippen LogP contribution is 2.31. The smallest absolute Gasteiger partial charge is 0.417 e. The predicted molar refractivity (Wildman–Crippen MR) is 91.2 cm³/mol. The van der Waals surface area contributed by atoms with Crippen molar-refractivity contribution in [3.05, 3.63) is 23.9 Å². The van der Waals surface area contributed by atoms with Crippen LogP contribution in [0.15, 0.2) is 18.3 Å². The Labute approximate surface area is 156 Å². The molecule has 1 aromatic rings. The number of rotatable bonds is 4. The maximum absolute atomic E-state index is 12.5. The van der Waals surface area contributed by atoms with E-state index in [1.807, 2.05) is 0 Å². The van der Waals surface area contributed by atoms with Gasteiger partial charge in [0.2, 0.25) is 5.88 Å². The van der Waals surface area contributed by atoms with E-state index in [1.165, 1.54) is 11.0 Å². The number of amides is 1. The van der Waals surface area contributed by atoms with E-state index in [0.29, 0.717) is 13.0 Å². The zero-order chi connectivity index (χ0) is 20.5. The second kappa shape index (κ2) is 7.53. The van der Waals surface area contributed by atoms with Crippen molar-refractivity contribution < 1.29 is 32.2 Å². The standard InChI is InChI=1S/C18H25F3N2O4/c1-16(2,3)27-15(24)23-13(11-26-17(23,4)5)8-9-25-14-7-6-12(10-22-14)18(19,20)21/h6-7,10,13H,8-9,11H2,1-5H3. The number of nitrogens with zero attached hydrogens (tertiary/aromatic N) is 2. The van der Waals surface area contributed by atoms with E-state index in [9.17, 15) is 18.0 Å². The van der Waals surface area contributed by atoms with Crippen LogP contribution in [0.25, 0.3) is 0 Å². The van der Waals surface area contributed by atoms with Crippen molar-refractivity contribution in [3.63, 3.8) is 0 Å². The van der Waals surface area contributed by atoms with Crippen LogP contribution in [-0.2, 0) is 15.7 Å². The van der Waals surface area contributed by atoms with Crippen LogP contribution in [0.2, 0.25) is 0 Å². The second-order valence-corrected chi connectivity index (χ2v) is 7.78. The van der Waals surface area contributed by atoms with Gasteiger partial charge in [-0.1, -0.05) is 0 Å². The fourth-order valence-corrected chi connectivity index (χ4v) is 2.71. The van der Waals surface area contributed by atoms with Gasteiger partial charge in [0.05, 0.1) is 24.8 Å². The molecule has 9 heteroatoms. The number of hydrogen-bond donors (Lipinski definition) is 0. The number of halogens is 3. The van der Waals surface area contributed by atoms with E-state index < -0.39 is 29.2 Å². The van der Waals surface area contributed by atoms with Gasteiger partial charge in [0.15, 0.2) is 0 Å².